The molecule has 1 saturated heterocycles. The second-order valence-electron chi connectivity index (χ2n) is 7.82. The normalized spacial score (nSPS) is 15.2. The number of carbonyl (C=O) groups excluding carboxylic acids is 1. The van der Waals surface area contributed by atoms with Crippen molar-refractivity contribution in [2.24, 2.45) is 0 Å². The predicted molar refractivity (Wildman–Crippen MR) is 119 cm³/mol. The number of ether oxygens (including phenoxy) is 1. The molecule has 0 atom stereocenters. The van der Waals surface area contributed by atoms with Gasteiger partial charge in [-0.05, 0) is 68.1 Å². The summed E-state index contributed by atoms with van der Waals surface area (Å²) in [5.41, 5.74) is 4.26. The van der Waals surface area contributed by atoms with Crippen LogP contribution in [0.1, 0.15) is 36.5 Å². The van der Waals surface area contributed by atoms with Crippen LogP contribution in [-0.2, 0) is 6.54 Å². The Balaban J connectivity index is 1.81. The van der Waals surface area contributed by atoms with Gasteiger partial charge in [0.25, 0.3) is 0 Å². The van der Waals surface area contributed by atoms with Crippen LogP contribution in [0.2, 0.25) is 0 Å². The van der Waals surface area contributed by atoms with Crippen molar-refractivity contribution in [3.05, 3.63) is 59.2 Å². The van der Waals surface area contributed by atoms with Crippen LogP contribution in [0, 0.1) is 13.8 Å². The van der Waals surface area contributed by atoms with E-state index in [2.05, 4.69) is 43.1 Å². The number of anilines is 1. The minimum absolute atomic E-state index is 0.0310. The first-order valence-corrected chi connectivity index (χ1v) is 10.5. The lowest BCUT2D eigenvalue weighted by atomic mass is 10.0. The van der Waals surface area contributed by atoms with Gasteiger partial charge in [-0.3, -0.25) is 0 Å². The molecule has 3 rings (SSSR count). The fourth-order valence-electron chi connectivity index (χ4n) is 3.95. The smallest absolute Gasteiger partial charge is 0.322 e. The number of hydrogen-bond donors (Lipinski definition) is 1. The third kappa shape index (κ3) is 5.30. The van der Waals surface area contributed by atoms with E-state index in [9.17, 15) is 4.79 Å². The summed E-state index contributed by atoms with van der Waals surface area (Å²) < 4.78 is 5.37. The number of nitrogens with one attached hydrogen (secondary N) is 1. The number of benzene rings is 2. The Labute approximate surface area is 174 Å². The molecular weight excluding hydrogens is 362 g/mol. The van der Waals surface area contributed by atoms with E-state index < -0.39 is 0 Å². The molecule has 1 N–H and O–H groups in total. The van der Waals surface area contributed by atoms with Gasteiger partial charge in [0.1, 0.15) is 5.75 Å². The van der Waals surface area contributed by atoms with E-state index >= 15 is 0 Å². The molecule has 0 aliphatic carbocycles. The molecule has 2 aromatic rings. The minimum atomic E-state index is -0.0310. The van der Waals surface area contributed by atoms with Gasteiger partial charge in [0.05, 0.1) is 7.11 Å². The standard InChI is InChI=1S/C24H33N3O2/c1-5-26-14-12-21(13-15-26)27(17-20-9-7-10-22(16-20)29-4)24(28)25-23-11-6-8-18(2)19(23)3/h6-11,16,21H,5,12-15,17H2,1-4H3,(H,25,28). The van der Waals surface area contributed by atoms with E-state index in [1.54, 1.807) is 7.11 Å². The molecule has 1 aliphatic rings. The van der Waals surface area contributed by atoms with Gasteiger partial charge in [0.2, 0.25) is 0 Å². The number of hydrogen-bond acceptors (Lipinski definition) is 3. The summed E-state index contributed by atoms with van der Waals surface area (Å²) in [5.74, 6) is 0.818. The van der Waals surface area contributed by atoms with Crippen LogP contribution >= 0.6 is 0 Å². The Morgan fingerprint density at radius 3 is 2.59 bits per heavy atom. The number of carbonyl (C=O) groups is 1. The van der Waals surface area contributed by atoms with Crippen LogP contribution in [0.4, 0.5) is 10.5 Å². The van der Waals surface area contributed by atoms with Crippen molar-refractivity contribution >= 4 is 11.7 Å². The Hall–Kier alpha value is -2.53. The SMILES string of the molecule is CCN1CCC(N(Cc2cccc(OC)c2)C(=O)Nc2cccc(C)c2C)CC1. The van der Waals surface area contributed by atoms with Crippen molar-refractivity contribution in [2.45, 2.75) is 46.2 Å². The van der Waals surface area contributed by atoms with Gasteiger partial charge in [0, 0.05) is 31.4 Å². The van der Waals surface area contributed by atoms with Gasteiger partial charge < -0.3 is 19.9 Å². The van der Waals surface area contributed by atoms with Gasteiger partial charge in [-0.1, -0.05) is 31.2 Å². The highest BCUT2D eigenvalue weighted by molar-refractivity contribution is 5.90. The number of amides is 2. The van der Waals surface area contributed by atoms with E-state index in [1.165, 1.54) is 5.56 Å². The molecule has 5 heteroatoms. The lowest BCUT2D eigenvalue weighted by Gasteiger charge is -2.38. The quantitative estimate of drug-likeness (QED) is 0.762. The summed E-state index contributed by atoms with van der Waals surface area (Å²) in [4.78, 5) is 17.8. The fraction of sp³-hybridized carbons (Fsp3) is 0.458. The van der Waals surface area contributed by atoms with Crippen molar-refractivity contribution in [2.75, 3.05) is 32.1 Å². The predicted octanol–water partition coefficient (Wildman–Crippen LogP) is 4.83. The van der Waals surface area contributed by atoms with Gasteiger partial charge >= 0.3 is 6.03 Å². The van der Waals surface area contributed by atoms with Gasteiger partial charge in [-0.25, -0.2) is 4.79 Å². The molecule has 0 unspecified atom stereocenters. The molecule has 0 bridgehead atoms. The van der Waals surface area contributed by atoms with Crippen LogP contribution in [0.25, 0.3) is 0 Å². The minimum Gasteiger partial charge on any atom is -0.497 e. The maximum atomic E-state index is 13.4. The van der Waals surface area contributed by atoms with Crippen LogP contribution in [0.5, 0.6) is 5.75 Å². The zero-order chi connectivity index (χ0) is 20.8. The second kappa shape index (κ2) is 9.79. The summed E-state index contributed by atoms with van der Waals surface area (Å²) in [6, 6.07) is 14.2. The van der Waals surface area contributed by atoms with E-state index in [4.69, 9.17) is 4.74 Å². The molecule has 156 valence electrons. The maximum absolute atomic E-state index is 13.4. The average molecular weight is 396 g/mol. The molecule has 2 aromatic carbocycles. The highest BCUT2D eigenvalue weighted by Gasteiger charge is 2.28. The number of nitrogens with zero attached hydrogens (tertiary/aromatic N) is 2. The lowest BCUT2D eigenvalue weighted by Crippen LogP contribution is -2.48. The Morgan fingerprint density at radius 1 is 1.17 bits per heavy atom. The maximum Gasteiger partial charge on any atom is 0.322 e. The van der Waals surface area contributed by atoms with Crippen molar-refractivity contribution in [1.29, 1.82) is 0 Å². The highest BCUT2D eigenvalue weighted by Crippen LogP contribution is 2.24. The molecule has 0 aromatic heterocycles. The van der Waals surface area contributed by atoms with Crippen LogP contribution in [-0.4, -0.2) is 48.6 Å². The Kier molecular flexibility index (Phi) is 7.15. The first kappa shape index (κ1) is 21.2. The van der Waals surface area contributed by atoms with E-state index in [0.717, 1.165) is 55.0 Å². The van der Waals surface area contributed by atoms with Crippen LogP contribution in [0.3, 0.4) is 0 Å². The molecule has 0 spiro atoms. The number of likely N-dealkylation sites (tertiary alicyclic amines) is 1. The molecule has 5 nitrogen and oxygen atoms in total. The molecule has 0 radical (unpaired) electrons. The second-order valence-corrected chi connectivity index (χ2v) is 7.82. The molecular formula is C24H33N3O2. The average Bonchev–Trinajstić information content (AvgIpc) is 2.75. The fourth-order valence-corrected chi connectivity index (χ4v) is 3.95. The third-order valence-electron chi connectivity index (χ3n) is 6.04. The largest absolute Gasteiger partial charge is 0.497 e. The number of urea groups is 1. The van der Waals surface area contributed by atoms with Crippen molar-refractivity contribution in [3.8, 4) is 5.75 Å². The summed E-state index contributed by atoms with van der Waals surface area (Å²) in [7, 11) is 1.67. The third-order valence-corrected chi connectivity index (χ3v) is 6.04. The van der Waals surface area contributed by atoms with Gasteiger partial charge in [0.15, 0.2) is 0 Å². The van der Waals surface area contributed by atoms with E-state index in [0.29, 0.717) is 6.54 Å². The Bertz CT molecular complexity index is 829. The number of piperidine rings is 1. The zero-order valence-electron chi connectivity index (χ0n) is 18.1. The summed E-state index contributed by atoms with van der Waals surface area (Å²) in [5, 5.41) is 3.16. The first-order valence-electron chi connectivity index (χ1n) is 10.5. The number of aryl methyl sites for hydroxylation is 1. The van der Waals surface area contributed by atoms with Crippen LogP contribution < -0.4 is 10.1 Å². The molecule has 1 heterocycles. The van der Waals surface area contributed by atoms with Crippen molar-refractivity contribution in [3.63, 3.8) is 0 Å². The van der Waals surface area contributed by atoms with Gasteiger partial charge in [-0.15, -0.1) is 0 Å². The molecule has 1 aliphatic heterocycles. The van der Waals surface area contributed by atoms with Crippen LogP contribution in [0.15, 0.2) is 42.5 Å². The topological polar surface area (TPSA) is 44.8 Å². The molecule has 1 fully saturated rings. The summed E-state index contributed by atoms with van der Waals surface area (Å²) >= 11 is 0. The first-order chi connectivity index (χ1) is 14.0. The summed E-state index contributed by atoms with van der Waals surface area (Å²) in [6.07, 6.45) is 2.00. The number of methoxy groups -OCH3 is 1. The molecule has 0 saturated carbocycles. The van der Waals surface area contributed by atoms with E-state index in [1.807, 2.05) is 35.2 Å². The van der Waals surface area contributed by atoms with Gasteiger partial charge in [-0.2, -0.15) is 0 Å². The van der Waals surface area contributed by atoms with Crippen molar-refractivity contribution < 1.29 is 9.53 Å². The Morgan fingerprint density at radius 2 is 1.90 bits per heavy atom. The highest BCUT2D eigenvalue weighted by atomic mass is 16.5. The lowest BCUT2D eigenvalue weighted by molar-refractivity contribution is 0.126. The molecule has 29 heavy (non-hydrogen) atoms. The number of rotatable bonds is 6. The van der Waals surface area contributed by atoms with E-state index in [-0.39, 0.29) is 12.1 Å². The summed E-state index contributed by atoms with van der Waals surface area (Å²) in [6.45, 7) is 10.0. The molecule has 2 amide bonds. The zero-order valence-corrected chi connectivity index (χ0v) is 18.1. The monoisotopic (exact) mass is 395 g/mol. The van der Waals surface area contributed by atoms with Crippen molar-refractivity contribution in [1.82, 2.24) is 9.80 Å².